The molecule has 108 valence electrons. The molecule has 1 unspecified atom stereocenters. The highest BCUT2D eigenvalue weighted by molar-refractivity contribution is 5.95. The maximum absolute atomic E-state index is 13.8. The lowest BCUT2D eigenvalue weighted by Gasteiger charge is -2.13. The zero-order valence-corrected chi connectivity index (χ0v) is 11.3. The number of halogens is 1. The minimum atomic E-state index is -0.529. The number of benzene rings is 2. The molecular formula is C16H15FN2O2. The van der Waals surface area contributed by atoms with E-state index in [9.17, 15) is 4.39 Å². The molecule has 4 nitrogen and oxygen atoms in total. The molecule has 3 rings (SSSR count). The van der Waals surface area contributed by atoms with Crippen LogP contribution < -0.4 is 15.2 Å². The third-order valence-corrected chi connectivity index (χ3v) is 3.38. The number of fused-ring (bicyclic) bond motifs is 1. The van der Waals surface area contributed by atoms with Crippen LogP contribution in [0.4, 0.5) is 4.39 Å². The molecule has 0 saturated carbocycles. The summed E-state index contributed by atoms with van der Waals surface area (Å²) in [5.41, 5.74) is 6.79. The molecule has 2 aromatic rings. The Morgan fingerprint density at radius 1 is 1.33 bits per heavy atom. The lowest BCUT2D eigenvalue weighted by Crippen LogP contribution is -2.22. The van der Waals surface area contributed by atoms with Crippen molar-refractivity contribution in [3.05, 3.63) is 59.4 Å². The molecule has 1 aliphatic rings. The Balaban J connectivity index is 1.63. The summed E-state index contributed by atoms with van der Waals surface area (Å²) >= 11 is 0. The van der Waals surface area contributed by atoms with Crippen molar-refractivity contribution in [1.82, 2.24) is 0 Å². The Hall–Kier alpha value is -2.56. The molecule has 0 radical (unpaired) electrons. The number of nitrogens with one attached hydrogen (secondary N) is 1. The van der Waals surface area contributed by atoms with Gasteiger partial charge in [0.05, 0.1) is 0 Å². The highest BCUT2D eigenvalue weighted by atomic mass is 19.1. The Morgan fingerprint density at radius 3 is 2.86 bits per heavy atom. The van der Waals surface area contributed by atoms with E-state index in [1.54, 1.807) is 6.07 Å². The van der Waals surface area contributed by atoms with Crippen molar-refractivity contribution in [1.29, 1.82) is 5.41 Å². The number of nitrogens with two attached hydrogens (primary N) is 1. The molecule has 2 aromatic carbocycles. The van der Waals surface area contributed by atoms with E-state index in [0.29, 0.717) is 5.56 Å². The third-order valence-electron chi connectivity index (χ3n) is 3.38. The van der Waals surface area contributed by atoms with Crippen molar-refractivity contribution in [2.45, 2.75) is 12.5 Å². The van der Waals surface area contributed by atoms with Crippen LogP contribution in [0.2, 0.25) is 0 Å². The summed E-state index contributed by atoms with van der Waals surface area (Å²) in [6, 6.07) is 12.0. The van der Waals surface area contributed by atoms with Gasteiger partial charge in [-0.15, -0.1) is 0 Å². The standard InChI is InChI=1S/C16H15FN2O2/c17-13-8-11(16(18)19)5-6-15(13)20-9-12-7-10-3-1-2-4-14(10)21-12/h1-6,8,12H,7,9H2,(H3,18,19). The van der Waals surface area contributed by atoms with Gasteiger partial charge in [0, 0.05) is 12.0 Å². The monoisotopic (exact) mass is 286 g/mol. The average Bonchev–Trinajstić information content (AvgIpc) is 2.88. The van der Waals surface area contributed by atoms with Gasteiger partial charge in [-0.05, 0) is 29.8 Å². The predicted molar refractivity (Wildman–Crippen MR) is 77.5 cm³/mol. The summed E-state index contributed by atoms with van der Waals surface area (Å²) in [6.07, 6.45) is 0.637. The molecule has 0 saturated heterocycles. The molecule has 1 aliphatic heterocycles. The van der Waals surface area contributed by atoms with Gasteiger partial charge in [0.15, 0.2) is 11.6 Å². The lowest BCUT2D eigenvalue weighted by atomic mass is 10.1. The van der Waals surface area contributed by atoms with E-state index >= 15 is 0 Å². The summed E-state index contributed by atoms with van der Waals surface area (Å²) in [7, 11) is 0. The number of amidine groups is 1. The fraction of sp³-hybridized carbons (Fsp3) is 0.188. The Morgan fingerprint density at radius 2 is 2.14 bits per heavy atom. The summed E-state index contributed by atoms with van der Waals surface area (Å²) in [6.45, 7) is 0.269. The first kappa shape index (κ1) is 13.4. The van der Waals surface area contributed by atoms with E-state index in [-0.39, 0.29) is 24.3 Å². The third kappa shape index (κ3) is 2.81. The van der Waals surface area contributed by atoms with Crippen LogP contribution in [0, 0.1) is 11.2 Å². The van der Waals surface area contributed by atoms with Crippen LogP contribution in [0.1, 0.15) is 11.1 Å². The SMILES string of the molecule is N=C(N)c1ccc(OCC2Cc3ccccc3O2)c(F)c1. The normalized spacial score (nSPS) is 16.1. The largest absolute Gasteiger partial charge is 0.487 e. The van der Waals surface area contributed by atoms with Gasteiger partial charge in [-0.2, -0.15) is 0 Å². The first-order valence-corrected chi connectivity index (χ1v) is 6.65. The van der Waals surface area contributed by atoms with E-state index in [4.69, 9.17) is 20.6 Å². The Labute approximate surface area is 121 Å². The van der Waals surface area contributed by atoms with Crippen LogP contribution in [-0.4, -0.2) is 18.5 Å². The minimum Gasteiger partial charge on any atom is -0.487 e. The number of rotatable bonds is 4. The van der Waals surface area contributed by atoms with Crippen LogP contribution in [0.3, 0.4) is 0 Å². The minimum absolute atomic E-state index is 0.116. The smallest absolute Gasteiger partial charge is 0.165 e. The molecular weight excluding hydrogens is 271 g/mol. The van der Waals surface area contributed by atoms with E-state index in [2.05, 4.69) is 0 Å². The van der Waals surface area contributed by atoms with Gasteiger partial charge in [-0.1, -0.05) is 18.2 Å². The van der Waals surface area contributed by atoms with Crippen molar-refractivity contribution < 1.29 is 13.9 Å². The highest BCUT2D eigenvalue weighted by Gasteiger charge is 2.23. The molecule has 0 aromatic heterocycles. The number of hydrogen-bond donors (Lipinski definition) is 2. The second kappa shape index (κ2) is 5.44. The first-order chi connectivity index (χ1) is 10.1. The van der Waals surface area contributed by atoms with Crippen LogP contribution in [0.15, 0.2) is 42.5 Å². The van der Waals surface area contributed by atoms with Gasteiger partial charge in [0.25, 0.3) is 0 Å². The zero-order valence-electron chi connectivity index (χ0n) is 11.3. The summed E-state index contributed by atoms with van der Waals surface area (Å²) in [4.78, 5) is 0. The van der Waals surface area contributed by atoms with Crippen molar-refractivity contribution in [2.75, 3.05) is 6.61 Å². The number of hydrogen-bond acceptors (Lipinski definition) is 3. The molecule has 0 amide bonds. The van der Waals surface area contributed by atoms with Crippen LogP contribution in [0.5, 0.6) is 11.5 Å². The molecule has 1 atom stereocenters. The van der Waals surface area contributed by atoms with E-state index in [1.807, 2.05) is 24.3 Å². The second-order valence-electron chi connectivity index (χ2n) is 4.92. The summed E-state index contributed by atoms with van der Waals surface area (Å²) in [5.74, 6) is 0.297. The van der Waals surface area contributed by atoms with Crippen molar-refractivity contribution in [2.24, 2.45) is 5.73 Å². The van der Waals surface area contributed by atoms with Gasteiger partial charge in [0.1, 0.15) is 24.3 Å². The molecule has 5 heteroatoms. The van der Waals surface area contributed by atoms with Crippen molar-refractivity contribution >= 4 is 5.84 Å². The average molecular weight is 286 g/mol. The summed E-state index contributed by atoms with van der Waals surface area (Å²) in [5, 5.41) is 7.27. The predicted octanol–water partition coefficient (Wildman–Crippen LogP) is 2.49. The second-order valence-corrected chi connectivity index (χ2v) is 4.92. The van der Waals surface area contributed by atoms with E-state index < -0.39 is 5.82 Å². The van der Waals surface area contributed by atoms with Gasteiger partial charge in [-0.25, -0.2) is 4.39 Å². The van der Waals surface area contributed by atoms with Gasteiger partial charge < -0.3 is 15.2 Å². The molecule has 3 N–H and O–H groups in total. The van der Waals surface area contributed by atoms with Crippen molar-refractivity contribution in [3.8, 4) is 11.5 Å². The first-order valence-electron chi connectivity index (χ1n) is 6.65. The Bertz CT molecular complexity index is 663. The molecule has 0 aliphatic carbocycles. The fourth-order valence-electron chi connectivity index (χ4n) is 2.32. The van der Waals surface area contributed by atoms with E-state index in [1.165, 1.54) is 12.1 Å². The molecule has 0 fully saturated rings. The van der Waals surface area contributed by atoms with E-state index in [0.717, 1.165) is 17.7 Å². The van der Waals surface area contributed by atoms with Gasteiger partial charge in [-0.3, -0.25) is 5.41 Å². The number of ether oxygens (including phenoxy) is 2. The van der Waals surface area contributed by atoms with Gasteiger partial charge >= 0.3 is 0 Å². The number of nitrogen functional groups attached to an aromatic ring is 1. The lowest BCUT2D eigenvalue weighted by molar-refractivity contribution is 0.145. The molecule has 21 heavy (non-hydrogen) atoms. The van der Waals surface area contributed by atoms with Crippen LogP contribution >= 0.6 is 0 Å². The van der Waals surface area contributed by atoms with Gasteiger partial charge in [0.2, 0.25) is 0 Å². The van der Waals surface area contributed by atoms with Crippen LogP contribution in [-0.2, 0) is 6.42 Å². The van der Waals surface area contributed by atoms with Crippen molar-refractivity contribution in [3.63, 3.8) is 0 Å². The Kier molecular flexibility index (Phi) is 3.48. The quantitative estimate of drug-likeness (QED) is 0.670. The molecule has 0 spiro atoms. The number of para-hydroxylation sites is 1. The fourth-order valence-corrected chi connectivity index (χ4v) is 2.32. The topological polar surface area (TPSA) is 68.3 Å². The highest BCUT2D eigenvalue weighted by Crippen LogP contribution is 2.28. The van der Waals surface area contributed by atoms with Crippen LogP contribution in [0.25, 0.3) is 0 Å². The maximum Gasteiger partial charge on any atom is 0.165 e. The molecule has 1 heterocycles. The molecule has 0 bridgehead atoms. The maximum atomic E-state index is 13.8. The zero-order chi connectivity index (χ0) is 14.8. The summed E-state index contributed by atoms with van der Waals surface area (Å²) < 4.78 is 25.0.